The molecule has 0 aliphatic carbocycles. The Balaban J connectivity index is 2.07. The van der Waals surface area contributed by atoms with Crippen LogP contribution in [-0.4, -0.2) is 56.1 Å². The second-order valence-corrected chi connectivity index (χ2v) is 9.69. The number of benzene rings is 2. The fourth-order valence-corrected chi connectivity index (χ4v) is 4.33. The zero-order valence-corrected chi connectivity index (χ0v) is 22.9. The molecular formula is C29H36ClF3N2O3. The summed E-state index contributed by atoms with van der Waals surface area (Å²) in [7, 11) is 1.95. The predicted octanol–water partition coefficient (Wildman–Crippen LogP) is 4.98. The zero-order valence-electron chi connectivity index (χ0n) is 22.2. The van der Waals surface area contributed by atoms with Gasteiger partial charge in [0.15, 0.2) is 5.78 Å². The Morgan fingerprint density at radius 1 is 1.16 bits per heavy atom. The highest BCUT2D eigenvalue weighted by atomic mass is 35.5. The lowest BCUT2D eigenvalue weighted by atomic mass is 9.96. The number of alkyl halides is 3. The van der Waals surface area contributed by atoms with Crippen LogP contribution >= 0.6 is 11.6 Å². The Morgan fingerprint density at radius 3 is 2.45 bits per heavy atom. The molecule has 9 heteroatoms. The molecule has 0 fully saturated rings. The molecule has 0 bridgehead atoms. The van der Waals surface area contributed by atoms with E-state index in [0.717, 1.165) is 35.4 Å². The summed E-state index contributed by atoms with van der Waals surface area (Å²) in [5, 5.41) is 4.83. The number of rotatable bonds is 14. The van der Waals surface area contributed by atoms with Gasteiger partial charge < -0.3 is 15.0 Å². The predicted molar refractivity (Wildman–Crippen MR) is 146 cm³/mol. The lowest BCUT2D eigenvalue weighted by Gasteiger charge is -2.22. The molecule has 0 saturated carbocycles. The van der Waals surface area contributed by atoms with E-state index in [2.05, 4.69) is 28.5 Å². The van der Waals surface area contributed by atoms with E-state index >= 15 is 0 Å². The first-order valence-electron chi connectivity index (χ1n) is 12.7. The number of ketones is 1. The minimum absolute atomic E-state index is 0.0317. The molecule has 1 unspecified atom stereocenters. The van der Waals surface area contributed by atoms with Crippen molar-refractivity contribution >= 4 is 36.1 Å². The first kappa shape index (κ1) is 31.4. The highest BCUT2D eigenvalue weighted by Gasteiger charge is 2.27. The summed E-state index contributed by atoms with van der Waals surface area (Å²) < 4.78 is 41.2. The van der Waals surface area contributed by atoms with Crippen LogP contribution in [0.25, 0.3) is 12.8 Å². The van der Waals surface area contributed by atoms with Crippen LogP contribution in [0.3, 0.4) is 0 Å². The third-order valence-corrected chi connectivity index (χ3v) is 6.51. The van der Waals surface area contributed by atoms with E-state index in [9.17, 15) is 22.8 Å². The number of halogens is 4. The molecule has 0 spiro atoms. The number of hydrogen-bond donors (Lipinski definition) is 1. The van der Waals surface area contributed by atoms with E-state index < -0.39 is 12.8 Å². The van der Waals surface area contributed by atoms with E-state index in [4.69, 9.17) is 11.6 Å². The van der Waals surface area contributed by atoms with Crippen LogP contribution in [0.15, 0.2) is 36.4 Å². The van der Waals surface area contributed by atoms with Crippen LogP contribution in [0.1, 0.15) is 59.4 Å². The Hall–Kier alpha value is -2.84. The van der Waals surface area contributed by atoms with Crippen molar-refractivity contribution in [2.75, 3.05) is 33.4 Å². The van der Waals surface area contributed by atoms with Gasteiger partial charge in [-0.2, -0.15) is 13.2 Å². The number of ether oxygens (including phenoxy) is 1. The molecule has 1 atom stereocenters. The highest BCUT2D eigenvalue weighted by Crippen LogP contribution is 2.17. The quantitative estimate of drug-likeness (QED) is 0.265. The summed E-state index contributed by atoms with van der Waals surface area (Å²) in [6, 6.07) is 10.4. The minimum Gasteiger partial charge on any atom is -0.380 e. The first-order chi connectivity index (χ1) is 17.9. The van der Waals surface area contributed by atoms with E-state index in [1.807, 2.05) is 20.2 Å². The molecule has 0 aromatic heterocycles. The molecule has 2 aromatic rings. The number of carbonyl (C=O) groups excluding carboxylic acids is 2. The van der Waals surface area contributed by atoms with E-state index in [1.54, 1.807) is 36.4 Å². The van der Waals surface area contributed by atoms with Crippen LogP contribution in [0.5, 0.6) is 0 Å². The Kier molecular flexibility index (Phi) is 12.3. The van der Waals surface area contributed by atoms with Crippen LogP contribution in [0, 0.1) is 5.92 Å². The van der Waals surface area contributed by atoms with E-state index in [-0.39, 0.29) is 30.8 Å². The Morgan fingerprint density at radius 2 is 1.84 bits per heavy atom. The van der Waals surface area contributed by atoms with Gasteiger partial charge in [0.1, 0.15) is 6.61 Å². The van der Waals surface area contributed by atoms with Crippen LogP contribution < -0.4 is 15.8 Å². The molecule has 5 nitrogen and oxygen atoms in total. The molecule has 1 amide bonds. The average Bonchev–Trinajstić information content (AvgIpc) is 2.86. The summed E-state index contributed by atoms with van der Waals surface area (Å²) in [6.45, 7) is 7.26. The molecule has 0 saturated heterocycles. The molecule has 2 rings (SSSR count). The van der Waals surface area contributed by atoms with Crippen molar-refractivity contribution in [2.24, 2.45) is 5.92 Å². The second kappa shape index (κ2) is 14.9. The molecule has 0 heterocycles. The maximum Gasteiger partial charge on any atom is 0.411 e. The molecular weight excluding hydrogens is 517 g/mol. The number of nitrogens with one attached hydrogen (secondary N) is 1. The van der Waals surface area contributed by atoms with Crippen molar-refractivity contribution in [1.29, 1.82) is 0 Å². The summed E-state index contributed by atoms with van der Waals surface area (Å²) in [5.41, 5.74) is 1.92. The molecule has 38 heavy (non-hydrogen) atoms. The van der Waals surface area contributed by atoms with Gasteiger partial charge in [0.05, 0.1) is 6.61 Å². The van der Waals surface area contributed by atoms with Gasteiger partial charge in [-0.15, -0.1) is 0 Å². The monoisotopic (exact) mass is 552 g/mol. The molecule has 1 N–H and O–H groups in total. The normalized spacial score (nSPS) is 12.9. The van der Waals surface area contributed by atoms with Crippen LogP contribution in [0.2, 0.25) is 5.02 Å². The second-order valence-electron chi connectivity index (χ2n) is 9.25. The molecule has 0 radical (unpaired) electrons. The molecule has 0 aliphatic rings. The SMILES string of the molecule is C=c1ccc(C(=O)NCCOCC(F)(F)F)c(CC)/c1=C/N(C)CC(CC)CCC(=O)c1ccc(Cl)cc1. The maximum absolute atomic E-state index is 12.8. The highest BCUT2D eigenvalue weighted by molar-refractivity contribution is 6.30. The van der Waals surface area contributed by atoms with Crippen molar-refractivity contribution in [3.8, 4) is 0 Å². The van der Waals surface area contributed by atoms with Crippen LogP contribution in [0.4, 0.5) is 13.2 Å². The molecule has 0 aliphatic heterocycles. The van der Waals surface area contributed by atoms with Crippen molar-refractivity contribution in [3.63, 3.8) is 0 Å². The van der Waals surface area contributed by atoms with Crippen LogP contribution in [-0.2, 0) is 11.2 Å². The fourth-order valence-electron chi connectivity index (χ4n) is 4.21. The van der Waals surface area contributed by atoms with Gasteiger partial charge in [0.2, 0.25) is 0 Å². The Labute approximate surface area is 227 Å². The standard InChI is InChI=1S/C29H36ClF3N2O3/c1-5-21(8-14-27(36)22-9-11-23(30)12-10-22)17-35(4)18-26-20(3)7-13-25(24(26)6-2)28(37)34-15-16-38-19-29(31,32)33/h7,9-13,18,21H,3,5-6,8,14-17,19H2,1-2,4H3,(H,34,37)/b26-18+. The van der Waals surface area contributed by atoms with Gasteiger partial charge in [0, 0.05) is 54.1 Å². The van der Waals surface area contributed by atoms with E-state index in [0.29, 0.717) is 29.0 Å². The smallest absolute Gasteiger partial charge is 0.380 e. The van der Waals surface area contributed by atoms with E-state index in [1.165, 1.54) is 0 Å². The topological polar surface area (TPSA) is 58.6 Å². The van der Waals surface area contributed by atoms with Gasteiger partial charge in [-0.05, 0) is 59.9 Å². The lowest BCUT2D eigenvalue weighted by molar-refractivity contribution is -0.173. The number of hydrogen-bond acceptors (Lipinski definition) is 4. The summed E-state index contributed by atoms with van der Waals surface area (Å²) >= 11 is 5.91. The summed E-state index contributed by atoms with van der Waals surface area (Å²) in [5.74, 6) is -0.00138. The lowest BCUT2D eigenvalue weighted by Crippen LogP contribution is -2.36. The van der Waals surface area contributed by atoms with Gasteiger partial charge in [-0.3, -0.25) is 9.59 Å². The number of carbonyl (C=O) groups is 2. The third kappa shape index (κ3) is 10.1. The third-order valence-electron chi connectivity index (χ3n) is 6.26. The van der Waals surface area contributed by atoms with Gasteiger partial charge in [-0.25, -0.2) is 0 Å². The first-order valence-corrected chi connectivity index (χ1v) is 13.1. The van der Waals surface area contributed by atoms with Gasteiger partial charge in [0.25, 0.3) is 5.91 Å². The molecule has 2 aromatic carbocycles. The average molecular weight is 553 g/mol. The van der Waals surface area contributed by atoms with Crippen molar-refractivity contribution in [3.05, 3.63) is 68.5 Å². The number of amides is 1. The van der Waals surface area contributed by atoms with Crippen molar-refractivity contribution < 1.29 is 27.5 Å². The fraction of sp³-hybridized carbons (Fsp3) is 0.448. The number of nitrogens with zero attached hydrogens (tertiary/aromatic N) is 1. The van der Waals surface area contributed by atoms with Crippen molar-refractivity contribution in [2.45, 2.75) is 45.7 Å². The minimum atomic E-state index is -4.40. The largest absolute Gasteiger partial charge is 0.411 e. The Bertz CT molecular complexity index is 1180. The zero-order chi connectivity index (χ0) is 28.3. The summed E-state index contributed by atoms with van der Waals surface area (Å²) in [6.07, 6.45) is 0.229. The maximum atomic E-state index is 12.8. The van der Waals surface area contributed by atoms with Gasteiger partial charge >= 0.3 is 6.18 Å². The molecule has 208 valence electrons. The van der Waals surface area contributed by atoms with Gasteiger partial charge in [-0.1, -0.05) is 44.5 Å². The van der Waals surface area contributed by atoms with Crippen molar-refractivity contribution in [1.82, 2.24) is 10.2 Å². The summed E-state index contributed by atoms with van der Waals surface area (Å²) in [4.78, 5) is 27.4. The number of Topliss-reactive ketones (excluding diaryl/α,β-unsaturated/α-hetero) is 1.